The number of halogens is 1. The molecule has 0 bridgehead atoms. The van der Waals surface area contributed by atoms with Crippen LogP contribution < -0.4 is 4.90 Å². The molecule has 1 N–H and O–H groups in total. The van der Waals surface area contributed by atoms with E-state index in [1.807, 2.05) is 0 Å². The third-order valence-electron chi connectivity index (χ3n) is 3.87. The molecule has 1 aliphatic rings. The van der Waals surface area contributed by atoms with Gasteiger partial charge in [0.1, 0.15) is 11.6 Å². The minimum absolute atomic E-state index is 0.174. The molecule has 106 valence electrons. The molecule has 0 spiro atoms. The smallest absolute Gasteiger partial charge is 0.142 e. The Balaban J connectivity index is 2.12. The number of anilines is 1. The molecule has 0 saturated carbocycles. The molecule has 4 nitrogen and oxygen atoms in total. The summed E-state index contributed by atoms with van der Waals surface area (Å²) in [7, 11) is 0. The summed E-state index contributed by atoms with van der Waals surface area (Å²) in [5, 5.41) is 9.33. The van der Waals surface area contributed by atoms with Crippen LogP contribution in [-0.2, 0) is 6.61 Å². The number of likely N-dealkylation sites (N-methyl/N-ethyl adjacent to an activating group) is 1. The highest BCUT2D eigenvalue weighted by molar-refractivity contribution is 5.47. The summed E-state index contributed by atoms with van der Waals surface area (Å²) in [6.07, 6.45) is 2.31. The summed E-state index contributed by atoms with van der Waals surface area (Å²) in [5.74, 6) is 0.325. The van der Waals surface area contributed by atoms with Gasteiger partial charge in [0.2, 0.25) is 0 Å². The Labute approximate surface area is 113 Å². The van der Waals surface area contributed by atoms with Crippen LogP contribution in [0.5, 0.6) is 0 Å². The van der Waals surface area contributed by atoms with Crippen LogP contribution >= 0.6 is 0 Å². The van der Waals surface area contributed by atoms with E-state index in [-0.39, 0.29) is 6.61 Å². The first-order chi connectivity index (χ1) is 9.19. The molecule has 19 heavy (non-hydrogen) atoms. The van der Waals surface area contributed by atoms with Crippen LogP contribution in [0.1, 0.15) is 25.8 Å². The first-order valence-corrected chi connectivity index (χ1v) is 6.93. The van der Waals surface area contributed by atoms with E-state index in [2.05, 4.69) is 28.6 Å². The molecule has 0 aromatic carbocycles. The van der Waals surface area contributed by atoms with Gasteiger partial charge in [-0.25, -0.2) is 9.37 Å². The zero-order chi connectivity index (χ0) is 13.8. The second-order valence-corrected chi connectivity index (χ2v) is 4.90. The molecule has 1 unspecified atom stereocenters. The van der Waals surface area contributed by atoms with Gasteiger partial charge in [0.25, 0.3) is 0 Å². The minimum atomic E-state index is -0.396. The Hall–Kier alpha value is -1.20. The van der Waals surface area contributed by atoms with E-state index in [1.54, 1.807) is 0 Å². The van der Waals surface area contributed by atoms with Crippen LogP contribution in [0, 0.1) is 5.82 Å². The Morgan fingerprint density at radius 1 is 1.47 bits per heavy atom. The molecule has 2 heterocycles. The predicted octanol–water partition coefficient (Wildman–Crippen LogP) is 1.63. The Kier molecular flexibility index (Phi) is 4.71. The van der Waals surface area contributed by atoms with E-state index in [0.717, 1.165) is 38.4 Å². The van der Waals surface area contributed by atoms with Gasteiger partial charge in [-0.2, -0.15) is 0 Å². The molecule has 0 aliphatic carbocycles. The third kappa shape index (κ3) is 3.04. The number of aliphatic hydroxyl groups is 1. The van der Waals surface area contributed by atoms with Gasteiger partial charge in [-0.3, -0.25) is 4.90 Å². The zero-order valence-corrected chi connectivity index (χ0v) is 11.6. The van der Waals surface area contributed by atoms with Crippen molar-refractivity contribution >= 4 is 5.82 Å². The number of hydrogen-bond acceptors (Lipinski definition) is 4. The number of hydrogen-bond donors (Lipinski definition) is 1. The van der Waals surface area contributed by atoms with Gasteiger partial charge in [-0.15, -0.1) is 0 Å². The molecule has 1 saturated heterocycles. The van der Waals surface area contributed by atoms with Gasteiger partial charge in [0.15, 0.2) is 0 Å². The van der Waals surface area contributed by atoms with E-state index >= 15 is 0 Å². The lowest BCUT2D eigenvalue weighted by atomic mass is 10.2. The van der Waals surface area contributed by atoms with Crippen molar-refractivity contribution in [2.45, 2.75) is 32.9 Å². The number of aliphatic hydroxyl groups excluding tert-OH is 1. The molecular weight excluding hydrogens is 245 g/mol. The normalized spacial score (nSPS) is 19.4. The molecule has 0 amide bonds. The minimum Gasteiger partial charge on any atom is -0.392 e. The SMILES string of the molecule is CCN(CC)C1CCN(c2ncc(F)cc2CO)C1. The van der Waals surface area contributed by atoms with Crippen molar-refractivity contribution in [2.75, 3.05) is 31.1 Å². The third-order valence-corrected chi connectivity index (χ3v) is 3.87. The highest BCUT2D eigenvalue weighted by Crippen LogP contribution is 2.25. The van der Waals surface area contributed by atoms with E-state index < -0.39 is 5.82 Å². The standard InChI is InChI=1S/C14H22FN3O/c1-3-17(4-2)13-5-6-18(9-13)14-11(10-19)7-12(15)8-16-14/h7-8,13,19H,3-6,9-10H2,1-2H3. The topological polar surface area (TPSA) is 39.6 Å². The molecule has 1 atom stereocenters. The van der Waals surface area contributed by atoms with Gasteiger partial charge in [0.05, 0.1) is 12.8 Å². The van der Waals surface area contributed by atoms with Gasteiger partial charge in [-0.05, 0) is 25.6 Å². The first kappa shape index (κ1) is 14.2. The van der Waals surface area contributed by atoms with E-state index in [1.165, 1.54) is 12.3 Å². The second-order valence-electron chi connectivity index (χ2n) is 4.90. The molecule has 2 rings (SSSR count). The molecule has 1 fully saturated rings. The fourth-order valence-corrected chi connectivity index (χ4v) is 2.85. The van der Waals surface area contributed by atoms with E-state index in [4.69, 9.17) is 0 Å². The molecule has 1 aromatic heterocycles. The van der Waals surface area contributed by atoms with Crippen LogP contribution in [0.2, 0.25) is 0 Å². The van der Waals surface area contributed by atoms with Crippen molar-refractivity contribution in [2.24, 2.45) is 0 Å². The first-order valence-electron chi connectivity index (χ1n) is 6.93. The van der Waals surface area contributed by atoms with Crippen LogP contribution in [0.15, 0.2) is 12.3 Å². The number of pyridine rings is 1. The molecule has 0 radical (unpaired) electrons. The molecule has 1 aliphatic heterocycles. The molecule has 5 heteroatoms. The van der Waals surface area contributed by atoms with Crippen LogP contribution in [0.25, 0.3) is 0 Å². The maximum Gasteiger partial charge on any atom is 0.142 e. The largest absolute Gasteiger partial charge is 0.392 e. The number of rotatable bonds is 5. The maximum absolute atomic E-state index is 13.1. The highest BCUT2D eigenvalue weighted by atomic mass is 19.1. The van der Waals surface area contributed by atoms with E-state index in [0.29, 0.717) is 11.6 Å². The summed E-state index contributed by atoms with van der Waals surface area (Å²) >= 11 is 0. The van der Waals surface area contributed by atoms with Gasteiger partial charge < -0.3 is 10.0 Å². The summed E-state index contributed by atoms with van der Waals surface area (Å²) in [4.78, 5) is 8.73. The Morgan fingerprint density at radius 2 is 2.21 bits per heavy atom. The summed E-state index contributed by atoms with van der Waals surface area (Å²) in [6.45, 7) is 8.05. The lowest BCUT2D eigenvalue weighted by molar-refractivity contribution is 0.232. The monoisotopic (exact) mass is 267 g/mol. The number of nitrogens with zero attached hydrogens (tertiary/aromatic N) is 3. The van der Waals surface area contributed by atoms with Crippen molar-refractivity contribution < 1.29 is 9.50 Å². The van der Waals surface area contributed by atoms with Crippen LogP contribution in [0.4, 0.5) is 10.2 Å². The lowest BCUT2D eigenvalue weighted by Gasteiger charge is -2.26. The fraction of sp³-hybridized carbons (Fsp3) is 0.643. The summed E-state index contributed by atoms with van der Waals surface area (Å²) in [5.41, 5.74) is 0.570. The maximum atomic E-state index is 13.1. The molecule has 1 aromatic rings. The van der Waals surface area contributed by atoms with Gasteiger partial charge >= 0.3 is 0 Å². The lowest BCUT2D eigenvalue weighted by Crippen LogP contribution is -2.37. The van der Waals surface area contributed by atoms with Crippen molar-refractivity contribution in [3.8, 4) is 0 Å². The second kappa shape index (κ2) is 6.30. The average molecular weight is 267 g/mol. The summed E-state index contributed by atoms with van der Waals surface area (Å²) in [6, 6.07) is 1.89. The average Bonchev–Trinajstić information content (AvgIpc) is 2.89. The van der Waals surface area contributed by atoms with Crippen molar-refractivity contribution in [3.63, 3.8) is 0 Å². The van der Waals surface area contributed by atoms with Crippen molar-refractivity contribution in [1.29, 1.82) is 0 Å². The predicted molar refractivity (Wildman–Crippen MR) is 73.7 cm³/mol. The summed E-state index contributed by atoms with van der Waals surface area (Å²) < 4.78 is 13.1. The van der Waals surface area contributed by atoms with Crippen LogP contribution in [0.3, 0.4) is 0 Å². The quantitative estimate of drug-likeness (QED) is 0.880. The fourth-order valence-electron chi connectivity index (χ4n) is 2.85. The zero-order valence-electron chi connectivity index (χ0n) is 11.6. The van der Waals surface area contributed by atoms with Crippen molar-refractivity contribution in [3.05, 3.63) is 23.6 Å². The van der Waals surface area contributed by atoms with Gasteiger partial charge in [-0.1, -0.05) is 13.8 Å². The van der Waals surface area contributed by atoms with Gasteiger partial charge in [0, 0.05) is 24.7 Å². The van der Waals surface area contributed by atoms with E-state index in [9.17, 15) is 9.50 Å². The number of aromatic nitrogens is 1. The molecular formula is C14H22FN3O. The Morgan fingerprint density at radius 3 is 2.84 bits per heavy atom. The van der Waals surface area contributed by atoms with Crippen LogP contribution in [-0.4, -0.2) is 47.2 Å². The Bertz CT molecular complexity index is 423. The highest BCUT2D eigenvalue weighted by Gasteiger charge is 2.28. The van der Waals surface area contributed by atoms with Crippen molar-refractivity contribution in [1.82, 2.24) is 9.88 Å².